The van der Waals surface area contributed by atoms with Crippen LogP contribution in [0.4, 0.5) is 19.1 Å². The molecule has 0 radical (unpaired) electrons. The second kappa shape index (κ2) is 11.2. The van der Waals surface area contributed by atoms with Crippen molar-refractivity contribution in [3.8, 4) is 22.6 Å². The summed E-state index contributed by atoms with van der Waals surface area (Å²) in [6.45, 7) is 1.07. The zero-order valence-corrected chi connectivity index (χ0v) is 19.5. The van der Waals surface area contributed by atoms with Crippen LogP contribution in [-0.2, 0) is 6.54 Å². The molecule has 186 valence electrons. The van der Waals surface area contributed by atoms with E-state index in [1.54, 1.807) is 12.1 Å². The van der Waals surface area contributed by atoms with Crippen LogP contribution in [0.3, 0.4) is 0 Å². The van der Waals surface area contributed by atoms with Gasteiger partial charge in [0.1, 0.15) is 18.1 Å². The molecule has 0 fully saturated rings. The van der Waals surface area contributed by atoms with E-state index in [9.17, 15) is 23.1 Å². The van der Waals surface area contributed by atoms with Gasteiger partial charge in [-0.05, 0) is 49.5 Å². The van der Waals surface area contributed by atoms with Crippen molar-refractivity contribution in [1.29, 1.82) is 0 Å². The molecule has 1 aromatic heterocycles. The van der Waals surface area contributed by atoms with Crippen molar-refractivity contribution >= 4 is 23.5 Å². The fourth-order valence-corrected chi connectivity index (χ4v) is 3.21. The van der Waals surface area contributed by atoms with E-state index in [1.807, 2.05) is 19.0 Å². The molecular weight excluding hydrogens is 489 g/mol. The summed E-state index contributed by atoms with van der Waals surface area (Å²) in [5.74, 6) is -1.07. The minimum atomic E-state index is -4.77. The van der Waals surface area contributed by atoms with E-state index >= 15 is 0 Å². The first-order chi connectivity index (χ1) is 16.5. The highest BCUT2D eigenvalue weighted by molar-refractivity contribution is 6.35. The molecule has 12 heteroatoms. The number of halogens is 4. The SMILES string of the molecule is CN(C)CCOc1cc(-c2cnc(NCc3cccc(OC(F)(F)F)c3)nc2)cc(C(=O)O)c1Cl. The normalized spacial score (nSPS) is 11.4. The van der Waals surface area contributed by atoms with Crippen molar-refractivity contribution < 1.29 is 32.5 Å². The highest BCUT2D eigenvalue weighted by Gasteiger charge is 2.31. The summed E-state index contributed by atoms with van der Waals surface area (Å²) in [6, 6.07) is 8.56. The highest BCUT2D eigenvalue weighted by atomic mass is 35.5. The average Bonchev–Trinajstić information content (AvgIpc) is 2.78. The molecule has 0 aliphatic heterocycles. The van der Waals surface area contributed by atoms with Crippen LogP contribution < -0.4 is 14.8 Å². The molecule has 35 heavy (non-hydrogen) atoms. The van der Waals surface area contributed by atoms with Crippen LogP contribution in [0, 0.1) is 0 Å². The average molecular weight is 511 g/mol. The van der Waals surface area contributed by atoms with Gasteiger partial charge in [-0.2, -0.15) is 0 Å². The Hall–Kier alpha value is -3.57. The summed E-state index contributed by atoms with van der Waals surface area (Å²) in [4.78, 5) is 22.0. The first-order valence-electron chi connectivity index (χ1n) is 10.3. The van der Waals surface area contributed by atoms with Crippen molar-refractivity contribution in [2.45, 2.75) is 12.9 Å². The number of anilines is 1. The number of likely N-dealkylation sites (N-methyl/N-ethyl adjacent to an activating group) is 1. The summed E-state index contributed by atoms with van der Waals surface area (Å²) in [5.41, 5.74) is 1.43. The molecule has 0 spiro atoms. The predicted molar refractivity (Wildman–Crippen MR) is 124 cm³/mol. The van der Waals surface area contributed by atoms with Crippen LogP contribution in [-0.4, -0.2) is 59.6 Å². The topological polar surface area (TPSA) is 96.8 Å². The number of nitrogens with one attached hydrogen (secondary N) is 1. The van der Waals surface area contributed by atoms with Gasteiger partial charge in [0.25, 0.3) is 0 Å². The summed E-state index contributed by atoms with van der Waals surface area (Å²) in [6.07, 6.45) is -1.81. The molecule has 0 aliphatic carbocycles. The lowest BCUT2D eigenvalue weighted by Gasteiger charge is -2.15. The standard InChI is InChI=1S/C23H22ClF3N4O4/c1-31(2)6-7-34-19-10-15(9-18(20(19)24)21(32)33)16-12-29-22(30-13-16)28-11-14-4-3-5-17(8-14)35-23(25,26)27/h3-5,8-10,12-13H,6-7,11H2,1-2H3,(H,32,33)(H,28,29,30). The minimum absolute atomic E-state index is 0.00376. The van der Waals surface area contributed by atoms with Crippen LogP contribution in [0.2, 0.25) is 5.02 Å². The van der Waals surface area contributed by atoms with Crippen LogP contribution in [0.25, 0.3) is 11.1 Å². The Morgan fingerprint density at radius 2 is 1.86 bits per heavy atom. The maximum Gasteiger partial charge on any atom is 0.573 e. The quantitative estimate of drug-likeness (QED) is 0.395. The number of aromatic nitrogens is 2. The monoisotopic (exact) mass is 510 g/mol. The van der Waals surface area contributed by atoms with E-state index in [-0.39, 0.29) is 34.6 Å². The molecule has 0 bridgehead atoms. The number of hydrogen-bond donors (Lipinski definition) is 2. The fourth-order valence-electron chi connectivity index (χ4n) is 2.97. The van der Waals surface area contributed by atoms with E-state index in [2.05, 4.69) is 20.0 Å². The van der Waals surface area contributed by atoms with E-state index in [0.717, 1.165) is 0 Å². The number of ether oxygens (including phenoxy) is 2. The van der Waals surface area contributed by atoms with Crippen molar-refractivity contribution in [3.63, 3.8) is 0 Å². The molecule has 0 saturated carbocycles. The summed E-state index contributed by atoms with van der Waals surface area (Å²) >= 11 is 6.22. The molecule has 2 aromatic carbocycles. The fraction of sp³-hybridized carbons (Fsp3) is 0.261. The predicted octanol–water partition coefficient (Wildman–Crippen LogP) is 4.95. The molecule has 0 atom stereocenters. The highest BCUT2D eigenvalue weighted by Crippen LogP contribution is 2.34. The molecule has 0 saturated heterocycles. The number of carboxylic acid groups (broad SMARTS) is 1. The Kier molecular flexibility index (Phi) is 8.36. The van der Waals surface area contributed by atoms with Crippen molar-refractivity contribution in [3.05, 3.63) is 64.9 Å². The molecular formula is C23H22ClF3N4O4. The first-order valence-corrected chi connectivity index (χ1v) is 10.6. The third kappa shape index (κ3) is 7.72. The lowest BCUT2D eigenvalue weighted by atomic mass is 10.0. The molecule has 1 heterocycles. The Labute approximate surface area is 204 Å². The number of carboxylic acids is 1. The smallest absolute Gasteiger partial charge is 0.491 e. The maximum absolute atomic E-state index is 12.4. The van der Waals surface area contributed by atoms with Crippen molar-refractivity contribution in [2.24, 2.45) is 0 Å². The number of alkyl halides is 3. The lowest BCUT2D eigenvalue weighted by molar-refractivity contribution is -0.274. The van der Waals surface area contributed by atoms with Crippen molar-refractivity contribution in [1.82, 2.24) is 14.9 Å². The molecule has 8 nitrogen and oxygen atoms in total. The Bertz CT molecular complexity index is 1170. The van der Waals surface area contributed by atoms with Gasteiger partial charge in [0.15, 0.2) is 0 Å². The van der Waals surface area contributed by atoms with E-state index in [0.29, 0.717) is 29.8 Å². The second-order valence-electron chi connectivity index (χ2n) is 7.64. The molecule has 0 amide bonds. The number of nitrogens with zero attached hydrogens (tertiary/aromatic N) is 3. The lowest BCUT2D eigenvalue weighted by Crippen LogP contribution is -2.19. The van der Waals surface area contributed by atoms with Gasteiger partial charge in [0.05, 0.1) is 10.6 Å². The van der Waals surface area contributed by atoms with Gasteiger partial charge < -0.3 is 24.8 Å². The maximum atomic E-state index is 12.4. The number of hydrogen-bond acceptors (Lipinski definition) is 7. The third-order valence-corrected chi connectivity index (χ3v) is 5.02. The Morgan fingerprint density at radius 1 is 1.14 bits per heavy atom. The minimum Gasteiger partial charge on any atom is -0.491 e. The van der Waals surface area contributed by atoms with Crippen molar-refractivity contribution in [2.75, 3.05) is 32.6 Å². The molecule has 3 aromatic rings. The van der Waals surface area contributed by atoms with Gasteiger partial charge in [0, 0.05) is 31.0 Å². The van der Waals surface area contributed by atoms with Gasteiger partial charge in [-0.25, -0.2) is 14.8 Å². The zero-order chi connectivity index (χ0) is 25.6. The third-order valence-electron chi connectivity index (χ3n) is 4.63. The van der Waals surface area contributed by atoms with E-state index in [1.165, 1.54) is 36.7 Å². The summed E-state index contributed by atoms with van der Waals surface area (Å²) in [7, 11) is 3.76. The van der Waals surface area contributed by atoms with Crippen LogP contribution in [0.15, 0.2) is 48.8 Å². The first kappa shape index (κ1) is 26.0. The van der Waals surface area contributed by atoms with Gasteiger partial charge in [-0.15, -0.1) is 13.2 Å². The second-order valence-corrected chi connectivity index (χ2v) is 8.01. The molecule has 0 aliphatic rings. The number of aromatic carboxylic acids is 1. The Morgan fingerprint density at radius 3 is 2.49 bits per heavy atom. The van der Waals surface area contributed by atoms with Crippen LogP contribution in [0.5, 0.6) is 11.5 Å². The number of carbonyl (C=O) groups is 1. The van der Waals surface area contributed by atoms with Gasteiger partial charge in [-0.3, -0.25) is 0 Å². The Balaban J connectivity index is 1.74. The molecule has 3 rings (SSSR count). The largest absolute Gasteiger partial charge is 0.573 e. The zero-order valence-electron chi connectivity index (χ0n) is 18.8. The number of rotatable bonds is 10. The van der Waals surface area contributed by atoms with Gasteiger partial charge in [-0.1, -0.05) is 23.7 Å². The van der Waals surface area contributed by atoms with Crippen LogP contribution in [0.1, 0.15) is 15.9 Å². The number of benzene rings is 2. The summed E-state index contributed by atoms with van der Waals surface area (Å²) in [5, 5.41) is 12.4. The van der Waals surface area contributed by atoms with Crippen LogP contribution >= 0.6 is 11.6 Å². The molecule has 0 unspecified atom stereocenters. The van der Waals surface area contributed by atoms with E-state index < -0.39 is 12.3 Å². The molecule has 2 N–H and O–H groups in total. The van der Waals surface area contributed by atoms with Gasteiger partial charge >= 0.3 is 12.3 Å². The van der Waals surface area contributed by atoms with Gasteiger partial charge in [0.2, 0.25) is 5.95 Å². The van der Waals surface area contributed by atoms with E-state index in [4.69, 9.17) is 16.3 Å². The summed E-state index contributed by atoms with van der Waals surface area (Å²) < 4.78 is 46.8.